The van der Waals surface area contributed by atoms with Crippen LogP contribution in [0.15, 0.2) is 12.2 Å². The minimum Gasteiger partial charge on any atom is -0.0880 e. The molecule has 2 aliphatic rings. The van der Waals surface area contributed by atoms with E-state index in [1.807, 2.05) is 0 Å². The van der Waals surface area contributed by atoms with Crippen molar-refractivity contribution in [1.29, 1.82) is 0 Å². The number of rotatable bonds is 0. The molecule has 0 aromatic carbocycles. The van der Waals surface area contributed by atoms with Gasteiger partial charge in [-0.2, -0.15) is 0 Å². The van der Waals surface area contributed by atoms with Crippen molar-refractivity contribution < 1.29 is 0 Å². The zero-order valence-electron chi connectivity index (χ0n) is 6.17. The van der Waals surface area contributed by atoms with Gasteiger partial charge in [0.2, 0.25) is 0 Å². The summed E-state index contributed by atoms with van der Waals surface area (Å²) in [5.74, 6) is 3.98. The van der Waals surface area contributed by atoms with E-state index < -0.39 is 0 Å². The lowest BCUT2D eigenvalue weighted by Gasteiger charge is -2.09. The van der Waals surface area contributed by atoms with Crippen LogP contribution < -0.4 is 0 Å². The van der Waals surface area contributed by atoms with E-state index in [2.05, 4.69) is 26.0 Å². The molecule has 50 valence electrons. The van der Waals surface area contributed by atoms with Crippen molar-refractivity contribution in [2.24, 2.45) is 23.7 Å². The van der Waals surface area contributed by atoms with Crippen LogP contribution in [0.4, 0.5) is 0 Å². The first-order valence-electron chi connectivity index (χ1n) is 3.97. The Morgan fingerprint density at radius 3 is 2.67 bits per heavy atom. The fourth-order valence-corrected chi connectivity index (χ4v) is 2.33. The molecule has 2 aliphatic carbocycles. The molecule has 9 heavy (non-hydrogen) atoms. The molecular weight excluding hydrogens is 108 g/mol. The minimum atomic E-state index is 0.966. The van der Waals surface area contributed by atoms with Crippen LogP contribution in [0.2, 0.25) is 0 Å². The first-order valence-corrected chi connectivity index (χ1v) is 3.97. The fourth-order valence-electron chi connectivity index (χ4n) is 2.33. The first kappa shape index (κ1) is 5.52. The van der Waals surface area contributed by atoms with Gasteiger partial charge in [-0.1, -0.05) is 26.0 Å². The van der Waals surface area contributed by atoms with E-state index in [1.165, 1.54) is 6.42 Å². The summed E-state index contributed by atoms with van der Waals surface area (Å²) in [5.41, 5.74) is 0. The molecule has 0 nitrogen and oxygen atoms in total. The molecule has 0 aromatic rings. The summed E-state index contributed by atoms with van der Waals surface area (Å²) >= 11 is 0. The van der Waals surface area contributed by atoms with E-state index in [9.17, 15) is 0 Å². The topological polar surface area (TPSA) is 0 Å². The SMILES string of the molecule is C[C@@H]1C2C=CC[C@H](C)[C@@H]21. The summed E-state index contributed by atoms with van der Waals surface area (Å²) in [4.78, 5) is 0. The summed E-state index contributed by atoms with van der Waals surface area (Å²) in [7, 11) is 0. The van der Waals surface area contributed by atoms with Gasteiger partial charge in [0.15, 0.2) is 0 Å². The molecule has 2 rings (SSSR count). The molecule has 0 N–H and O–H groups in total. The van der Waals surface area contributed by atoms with Gasteiger partial charge in [0.05, 0.1) is 0 Å². The van der Waals surface area contributed by atoms with Gasteiger partial charge in [-0.05, 0) is 30.1 Å². The van der Waals surface area contributed by atoms with E-state index in [0.717, 1.165) is 23.7 Å². The average Bonchev–Trinajstić information content (AvgIpc) is 2.45. The highest BCUT2D eigenvalue weighted by molar-refractivity contribution is 5.13. The molecule has 0 aliphatic heterocycles. The predicted molar refractivity (Wildman–Crippen MR) is 39.1 cm³/mol. The number of hydrogen-bond acceptors (Lipinski definition) is 0. The molecule has 4 atom stereocenters. The Morgan fingerprint density at radius 1 is 1.33 bits per heavy atom. The van der Waals surface area contributed by atoms with Crippen LogP contribution in [-0.4, -0.2) is 0 Å². The molecule has 0 aromatic heterocycles. The minimum absolute atomic E-state index is 0.966. The third-order valence-corrected chi connectivity index (χ3v) is 3.04. The van der Waals surface area contributed by atoms with Crippen molar-refractivity contribution in [3.63, 3.8) is 0 Å². The molecule has 1 fully saturated rings. The van der Waals surface area contributed by atoms with Crippen LogP contribution in [0.5, 0.6) is 0 Å². The van der Waals surface area contributed by atoms with Crippen LogP contribution in [0.3, 0.4) is 0 Å². The van der Waals surface area contributed by atoms with E-state index in [0.29, 0.717) is 0 Å². The lowest BCUT2D eigenvalue weighted by Crippen LogP contribution is -2.00. The predicted octanol–water partition coefficient (Wildman–Crippen LogP) is 2.46. The third kappa shape index (κ3) is 0.654. The van der Waals surface area contributed by atoms with E-state index in [-0.39, 0.29) is 0 Å². The van der Waals surface area contributed by atoms with Crippen molar-refractivity contribution in [3.8, 4) is 0 Å². The Balaban J connectivity index is 2.14. The lowest BCUT2D eigenvalue weighted by atomic mass is 9.96. The van der Waals surface area contributed by atoms with E-state index >= 15 is 0 Å². The highest BCUT2D eigenvalue weighted by Crippen LogP contribution is 2.54. The highest BCUT2D eigenvalue weighted by atomic mass is 14.5. The fraction of sp³-hybridized carbons (Fsp3) is 0.778. The highest BCUT2D eigenvalue weighted by Gasteiger charge is 2.48. The molecule has 0 heterocycles. The van der Waals surface area contributed by atoms with Gasteiger partial charge < -0.3 is 0 Å². The Kier molecular flexibility index (Phi) is 0.992. The Labute approximate surface area is 57.0 Å². The van der Waals surface area contributed by atoms with Crippen LogP contribution in [-0.2, 0) is 0 Å². The average molecular weight is 122 g/mol. The van der Waals surface area contributed by atoms with Crippen molar-refractivity contribution in [3.05, 3.63) is 12.2 Å². The molecule has 1 unspecified atom stereocenters. The quantitative estimate of drug-likeness (QED) is 0.433. The molecular formula is C9H14. The van der Waals surface area contributed by atoms with Crippen molar-refractivity contribution in [1.82, 2.24) is 0 Å². The van der Waals surface area contributed by atoms with Crippen molar-refractivity contribution >= 4 is 0 Å². The smallest absolute Gasteiger partial charge is 0.0171 e. The molecule has 0 spiro atoms. The van der Waals surface area contributed by atoms with Gasteiger partial charge in [0.25, 0.3) is 0 Å². The largest absolute Gasteiger partial charge is 0.0880 e. The van der Waals surface area contributed by atoms with Crippen molar-refractivity contribution in [2.75, 3.05) is 0 Å². The summed E-state index contributed by atoms with van der Waals surface area (Å²) in [6, 6.07) is 0. The molecule has 1 saturated carbocycles. The standard InChI is InChI=1S/C9H14/c1-6-4-3-5-8-7(2)9(6)8/h3,5-9H,4H2,1-2H3/t6-,7+,8?,9+/m0/s1. The zero-order valence-corrected chi connectivity index (χ0v) is 6.17. The van der Waals surface area contributed by atoms with Gasteiger partial charge in [0, 0.05) is 0 Å². The molecule has 0 saturated heterocycles. The van der Waals surface area contributed by atoms with Crippen LogP contribution in [0.1, 0.15) is 20.3 Å². The maximum Gasteiger partial charge on any atom is -0.0171 e. The summed E-state index contributed by atoms with van der Waals surface area (Å²) in [6.45, 7) is 4.76. The molecule has 0 bridgehead atoms. The Morgan fingerprint density at radius 2 is 2.11 bits per heavy atom. The summed E-state index contributed by atoms with van der Waals surface area (Å²) in [6.07, 6.45) is 6.09. The third-order valence-electron chi connectivity index (χ3n) is 3.04. The summed E-state index contributed by atoms with van der Waals surface area (Å²) < 4.78 is 0. The second-order valence-corrected chi connectivity index (χ2v) is 3.65. The second-order valence-electron chi connectivity index (χ2n) is 3.65. The van der Waals surface area contributed by atoms with E-state index in [4.69, 9.17) is 0 Å². The molecule has 0 amide bonds. The van der Waals surface area contributed by atoms with Crippen LogP contribution >= 0.6 is 0 Å². The monoisotopic (exact) mass is 122 g/mol. The van der Waals surface area contributed by atoms with Gasteiger partial charge in [-0.15, -0.1) is 0 Å². The normalized spacial score (nSPS) is 54.9. The second kappa shape index (κ2) is 1.62. The van der Waals surface area contributed by atoms with Gasteiger partial charge in [-0.3, -0.25) is 0 Å². The van der Waals surface area contributed by atoms with Gasteiger partial charge >= 0.3 is 0 Å². The summed E-state index contributed by atoms with van der Waals surface area (Å²) in [5, 5.41) is 0. The van der Waals surface area contributed by atoms with E-state index in [1.54, 1.807) is 0 Å². The lowest BCUT2D eigenvalue weighted by molar-refractivity contribution is 0.469. The van der Waals surface area contributed by atoms with Gasteiger partial charge in [0.1, 0.15) is 0 Å². The maximum absolute atomic E-state index is 2.41. The van der Waals surface area contributed by atoms with Gasteiger partial charge in [-0.25, -0.2) is 0 Å². The molecule has 0 radical (unpaired) electrons. The molecule has 0 heteroatoms. The Bertz CT molecular complexity index is 146. The number of fused-ring (bicyclic) bond motifs is 1. The zero-order chi connectivity index (χ0) is 6.43. The van der Waals surface area contributed by atoms with Crippen LogP contribution in [0, 0.1) is 23.7 Å². The van der Waals surface area contributed by atoms with Crippen LogP contribution in [0.25, 0.3) is 0 Å². The maximum atomic E-state index is 2.41. The Hall–Kier alpha value is -0.260. The first-order chi connectivity index (χ1) is 4.30. The number of allylic oxidation sites excluding steroid dienone is 2. The number of hydrogen-bond donors (Lipinski definition) is 0. The van der Waals surface area contributed by atoms with Crippen molar-refractivity contribution in [2.45, 2.75) is 20.3 Å².